The largest absolute Gasteiger partial charge is 0.343 e. The summed E-state index contributed by atoms with van der Waals surface area (Å²) >= 11 is 1.54. The molecule has 2 unspecified atom stereocenters. The smallest absolute Gasteiger partial charge is 0.245 e. The molecule has 1 aromatic heterocycles. The standard InChI is InChI=1S/C12H17N3O2S/c1-3-10-11(16)14-8(2)12(17)15(10)5-4-9-6-18-7-13-9/h6-8,10H,3-5H2,1-2H3,(H,14,16). The Balaban J connectivity index is 2.06. The lowest BCUT2D eigenvalue weighted by atomic mass is 10.1. The van der Waals surface area contributed by atoms with Gasteiger partial charge in [0, 0.05) is 18.3 Å². The minimum Gasteiger partial charge on any atom is -0.343 e. The Labute approximate surface area is 110 Å². The normalized spacial score (nSPS) is 24.2. The molecule has 5 nitrogen and oxygen atoms in total. The van der Waals surface area contributed by atoms with Crippen molar-refractivity contribution in [2.24, 2.45) is 0 Å². The van der Waals surface area contributed by atoms with E-state index < -0.39 is 6.04 Å². The van der Waals surface area contributed by atoms with Crippen LogP contribution in [0, 0.1) is 0 Å². The SMILES string of the molecule is CCC1C(=O)NC(C)C(=O)N1CCc1cscn1. The van der Waals surface area contributed by atoms with Crippen LogP contribution in [0.3, 0.4) is 0 Å². The Kier molecular flexibility index (Phi) is 3.96. The highest BCUT2D eigenvalue weighted by molar-refractivity contribution is 7.07. The number of nitrogens with zero attached hydrogens (tertiary/aromatic N) is 2. The van der Waals surface area contributed by atoms with Crippen LogP contribution < -0.4 is 5.32 Å². The fraction of sp³-hybridized carbons (Fsp3) is 0.583. The van der Waals surface area contributed by atoms with E-state index in [2.05, 4.69) is 10.3 Å². The van der Waals surface area contributed by atoms with Gasteiger partial charge in [0.25, 0.3) is 0 Å². The van der Waals surface area contributed by atoms with Crippen LogP contribution in [0.4, 0.5) is 0 Å². The number of carbonyl (C=O) groups excluding carboxylic acids is 2. The molecule has 2 atom stereocenters. The number of hydrogen-bond donors (Lipinski definition) is 1. The summed E-state index contributed by atoms with van der Waals surface area (Å²) < 4.78 is 0. The molecule has 0 aliphatic carbocycles. The fourth-order valence-electron chi connectivity index (χ4n) is 2.18. The van der Waals surface area contributed by atoms with Gasteiger partial charge in [0.2, 0.25) is 11.8 Å². The molecule has 0 spiro atoms. The van der Waals surface area contributed by atoms with Crippen LogP contribution in [-0.2, 0) is 16.0 Å². The number of nitrogens with one attached hydrogen (secondary N) is 1. The van der Waals surface area contributed by atoms with E-state index in [-0.39, 0.29) is 17.9 Å². The van der Waals surface area contributed by atoms with Gasteiger partial charge in [0.1, 0.15) is 12.1 Å². The summed E-state index contributed by atoms with van der Waals surface area (Å²) in [5.74, 6) is -0.0560. The Morgan fingerprint density at radius 3 is 2.89 bits per heavy atom. The zero-order chi connectivity index (χ0) is 13.1. The Hall–Kier alpha value is -1.43. The highest BCUT2D eigenvalue weighted by atomic mass is 32.1. The van der Waals surface area contributed by atoms with Crippen molar-refractivity contribution in [3.8, 4) is 0 Å². The lowest BCUT2D eigenvalue weighted by molar-refractivity contribution is -0.148. The van der Waals surface area contributed by atoms with Crippen molar-refractivity contribution >= 4 is 23.2 Å². The second kappa shape index (κ2) is 5.48. The van der Waals surface area contributed by atoms with Gasteiger partial charge >= 0.3 is 0 Å². The van der Waals surface area contributed by atoms with Gasteiger partial charge in [-0.3, -0.25) is 9.59 Å². The van der Waals surface area contributed by atoms with Crippen LogP contribution >= 0.6 is 11.3 Å². The molecule has 2 heterocycles. The van der Waals surface area contributed by atoms with E-state index in [4.69, 9.17) is 0 Å². The molecule has 0 saturated carbocycles. The van der Waals surface area contributed by atoms with Crippen molar-refractivity contribution < 1.29 is 9.59 Å². The third kappa shape index (κ3) is 2.53. The Morgan fingerprint density at radius 1 is 1.50 bits per heavy atom. The number of rotatable bonds is 4. The molecule has 2 amide bonds. The topological polar surface area (TPSA) is 62.3 Å². The molecule has 0 aromatic carbocycles. The molecule has 1 saturated heterocycles. The minimum absolute atomic E-state index is 0.00307. The maximum atomic E-state index is 12.1. The number of hydrogen-bond acceptors (Lipinski definition) is 4. The number of piperazine rings is 1. The number of amides is 2. The van der Waals surface area contributed by atoms with E-state index in [0.717, 1.165) is 5.69 Å². The van der Waals surface area contributed by atoms with E-state index >= 15 is 0 Å². The van der Waals surface area contributed by atoms with Gasteiger partial charge in [0.15, 0.2) is 0 Å². The van der Waals surface area contributed by atoms with Crippen molar-refractivity contribution in [3.63, 3.8) is 0 Å². The van der Waals surface area contributed by atoms with Crippen LogP contribution in [0.1, 0.15) is 26.0 Å². The van der Waals surface area contributed by atoms with E-state index in [1.165, 1.54) is 0 Å². The highest BCUT2D eigenvalue weighted by Gasteiger charge is 2.36. The third-order valence-corrected chi connectivity index (χ3v) is 3.81. The Morgan fingerprint density at radius 2 is 2.28 bits per heavy atom. The van der Waals surface area contributed by atoms with E-state index in [1.807, 2.05) is 12.3 Å². The van der Waals surface area contributed by atoms with Gasteiger partial charge in [-0.1, -0.05) is 6.92 Å². The van der Waals surface area contributed by atoms with Gasteiger partial charge in [-0.2, -0.15) is 0 Å². The van der Waals surface area contributed by atoms with Gasteiger partial charge in [-0.25, -0.2) is 4.98 Å². The third-order valence-electron chi connectivity index (χ3n) is 3.17. The van der Waals surface area contributed by atoms with Crippen molar-refractivity contribution in [2.45, 2.75) is 38.8 Å². The summed E-state index contributed by atoms with van der Waals surface area (Å²) in [4.78, 5) is 29.8. The first kappa shape index (κ1) is 13.0. The second-order valence-electron chi connectivity index (χ2n) is 4.42. The van der Waals surface area contributed by atoms with Crippen molar-refractivity contribution in [1.82, 2.24) is 15.2 Å². The molecule has 0 bridgehead atoms. The average Bonchev–Trinajstić information content (AvgIpc) is 2.85. The summed E-state index contributed by atoms with van der Waals surface area (Å²) in [7, 11) is 0. The first-order valence-electron chi connectivity index (χ1n) is 6.11. The molecule has 0 radical (unpaired) electrons. The van der Waals surface area contributed by atoms with Crippen LogP contribution in [0.5, 0.6) is 0 Å². The zero-order valence-corrected chi connectivity index (χ0v) is 11.4. The lowest BCUT2D eigenvalue weighted by Crippen LogP contribution is -2.62. The number of aromatic nitrogens is 1. The predicted octanol–water partition coefficient (Wildman–Crippen LogP) is 0.811. The molecule has 1 aliphatic rings. The summed E-state index contributed by atoms with van der Waals surface area (Å²) in [6, 6.07) is -0.761. The maximum Gasteiger partial charge on any atom is 0.245 e. The van der Waals surface area contributed by atoms with Crippen LogP contribution in [0.15, 0.2) is 10.9 Å². The number of thiazole rings is 1. The summed E-state index contributed by atoms with van der Waals surface area (Å²) in [6.07, 6.45) is 1.34. The zero-order valence-electron chi connectivity index (χ0n) is 10.5. The lowest BCUT2D eigenvalue weighted by Gasteiger charge is -2.37. The molecule has 1 N–H and O–H groups in total. The fourth-order valence-corrected chi connectivity index (χ4v) is 2.78. The van der Waals surface area contributed by atoms with Gasteiger partial charge in [-0.15, -0.1) is 11.3 Å². The van der Waals surface area contributed by atoms with Crippen molar-refractivity contribution in [3.05, 3.63) is 16.6 Å². The first-order chi connectivity index (χ1) is 8.63. The maximum absolute atomic E-state index is 12.1. The molecule has 6 heteroatoms. The van der Waals surface area contributed by atoms with Crippen LogP contribution in [0.2, 0.25) is 0 Å². The Bertz CT molecular complexity index is 433. The summed E-state index contributed by atoms with van der Waals surface area (Å²) in [5.41, 5.74) is 2.75. The monoisotopic (exact) mass is 267 g/mol. The summed E-state index contributed by atoms with van der Waals surface area (Å²) in [5, 5.41) is 4.68. The van der Waals surface area contributed by atoms with Gasteiger partial charge < -0.3 is 10.2 Å². The summed E-state index contributed by atoms with van der Waals surface area (Å²) in [6.45, 7) is 4.20. The molecule has 18 heavy (non-hydrogen) atoms. The molecule has 1 aromatic rings. The molecule has 2 rings (SSSR count). The van der Waals surface area contributed by atoms with Crippen LogP contribution in [0.25, 0.3) is 0 Å². The molecule has 1 fully saturated rings. The van der Waals surface area contributed by atoms with Crippen LogP contribution in [-0.4, -0.2) is 40.3 Å². The van der Waals surface area contributed by atoms with E-state index in [9.17, 15) is 9.59 Å². The van der Waals surface area contributed by atoms with Gasteiger partial charge in [0.05, 0.1) is 11.2 Å². The molecular formula is C12H17N3O2S. The highest BCUT2D eigenvalue weighted by Crippen LogP contribution is 2.14. The van der Waals surface area contributed by atoms with E-state index in [0.29, 0.717) is 19.4 Å². The predicted molar refractivity (Wildman–Crippen MR) is 69.2 cm³/mol. The second-order valence-corrected chi connectivity index (χ2v) is 5.13. The first-order valence-corrected chi connectivity index (χ1v) is 7.05. The minimum atomic E-state index is -0.421. The molecular weight excluding hydrogens is 250 g/mol. The molecule has 1 aliphatic heterocycles. The quantitative estimate of drug-likeness (QED) is 0.878. The molecule has 98 valence electrons. The van der Waals surface area contributed by atoms with E-state index in [1.54, 1.807) is 28.7 Å². The average molecular weight is 267 g/mol. The number of carbonyl (C=O) groups is 2. The van der Waals surface area contributed by atoms with Gasteiger partial charge in [-0.05, 0) is 13.3 Å². The van der Waals surface area contributed by atoms with Crippen molar-refractivity contribution in [2.75, 3.05) is 6.54 Å². The van der Waals surface area contributed by atoms with Crippen molar-refractivity contribution in [1.29, 1.82) is 0 Å².